The average molecular weight is 356 g/mol. The summed E-state index contributed by atoms with van der Waals surface area (Å²) in [6.07, 6.45) is -0.0234. The van der Waals surface area contributed by atoms with Crippen LogP contribution in [0.3, 0.4) is 0 Å². The molecule has 4 rings (SSSR count). The molecular formula is C20H21FN2O3. The quantitative estimate of drug-likeness (QED) is 0.826. The summed E-state index contributed by atoms with van der Waals surface area (Å²) in [6, 6.07) is 12.7. The Kier molecular flexibility index (Phi) is 4.51. The van der Waals surface area contributed by atoms with Crippen LogP contribution < -0.4 is 9.47 Å². The smallest absolute Gasteiger partial charge is 0.161 e. The Morgan fingerprint density at radius 2 is 1.92 bits per heavy atom. The maximum absolute atomic E-state index is 14.1. The third kappa shape index (κ3) is 3.01. The number of halogens is 1. The minimum absolute atomic E-state index is 0.0234. The third-order valence-electron chi connectivity index (χ3n) is 4.98. The van der Waals surface area contributed by atoms with Crippen molar-refractivity contribution in [3.63, 3.8) is 0 Å². The molecule has 0 saturated carbocycles. The number of hydrogen-bond acceptors (Lipinski definition) is 5. The lowest BCUT2D eigenvalue weighted by Crippen LogP contribution is -2.23. The SMILES string of the molecule is COc1ccc(CN2C[C@@H]3ON=C(c4ccccc4F)[C@H]3C2)cc1OC. The molecule has 0 N–H and O–H groups in total. The highest BCUT2D eigenvalue weighted by atomic mass is 19.1. The fraction of sp³-hybridized carbons (Fsp3) is 0.350. The van der Waals surface area contributed by atoms with E-state index in [9.17, 15) is 4.39 Å². The van der Waals surface area contributed by atoms with Crippen LogP contribution in [0.1, 0.15) is 11.1 Å². The molecular weight excluding hydrogens is 335 g/mol. The number of ether oxygens (including phenoxy) is 2. The van der Waals surface area contributed by atoms with Gasteiger partial charge in [-0.25, -0.2) is 4.39 Å². The zero-order valence-corrected chi connectivity index (χ0v) is 14.8. The highest BCUT2D eigenvalue weighted by molar-refractivity contribution is 6.03. The van der Waals surface area contributed by atoms with Gasteiger partial charge in [-0.2, -0.15) is 0 Å². The highest BCUT2D eigenvalue weighted by Crippen LogP contribution is 2.33. The van der Waals surface area contributed by atoms with E-state index in [0.29, 0.717) is 22.8 Å². The molecule has 1 saturated heterocycles. The van der Waals surface area contributed by atoms with Gasteiger partial charge in [-0.3, -0.25) is 4.90 Å². The summed E-state index contributed by atoms with van der Waals surface area (Å²) in [4.78, 5) is 7.88. The summed E-state index contributed by atoms with van der Waals surface area (Å²) in [5, 5.41) is 4.16. The van der Waals surface area contributed by atoms with Crippen LogP contribution in [0.15, 0.2) is 47.6 Å². The Labute approximate surface area is 152 Å². The van der Waals surface area contributed by atoms with Crippen molar-refractivity contribution in [2.24, 2.45) is 11.1 Å². The molecule has 5 nitrogen and oxygen atoms in total. The molecule has 0 amide bonds. The largest absolute Gasteiger partial charge is 0.493 e. The molecule has 2 heterocycles. The minimum atomic E-state index is -0.256. The lowest BCUT2D eigenvalue weighted by Gasteiger charge is -2.17. The van der Waals surface area contributed by atoms with Crippen LogP contribution in [0.4, 0.5) is 4.39 Å². The lowest BCUT2D eigenvalue weighted by atomic mass is 9.94. The van der Waals surface area contributed by atoms with E-state index in [1.54, 1.807) is 26.4 Å². The Bertz CT molecular complexity index is 840. The normalized spacial score (nSPS) is 21.9. The molecule has 0 aromatic heterocycles. The van der Waals surface area contributed by atoms with Gasteiger partial charge < -0.3 is 14.3 Å². The van der Waals surface area contributed by atoms with Gasteiger partial charge in [0.25, 0.3) is 0 Å². The number of rotatable bonds is 5. The summed E-state index contributed by atoms with van der Waals surface area (Å²) in [7, 11) is 3.26. The van der Waals surface area contributed by atoms with E-state index < -0.39 is 0 Å². The second kappa shape index (κ2) is 6.96. The van der Waals surface area contributed by atoms with Crippen molar-refractivity contribution < 1.29 is 18.7 Å². The van der Waals surface area contributed by atoms with E-state index in [2.05, 4.69) is 10.1 Å². The van der Waals surface area contributed by atoms with Gasteiger partial charge in [0.05, 0.1) is 25.8 Å². The van der Waals surface area contributed by atoms with E-state index in [1.165, 1.54) is 6.07 Å². The van der Waals surface area contributed by atoms with Crippen molar-refractivity contribution in [1.29, 1.82) is 0 Å². The van der Waals surface area contributed by atoms with E-state index in [1.807, 2.05) is 24.3 Å². The second-order valence-corrected chi connectivity index (χ2v) is 6.59. The molecule has 1 fully saturated rings. The Morgan fingerprint density at radius 1 is 1.12 bits per heavy atom. The average Bonchev–Trinajstić information content (AvgIpc) is 3.22. The number of benzene rings is 2. The molecule has 2 aliphatic heterocycles. The van der Waals surface area contributed by atoms with Gasteiger partial charge in [-0.1, -0.05) is 29.4 Å². The van der Waals surface area contributed by atoms with Gasteiger partial charge in [0.15, 0.2) is 11.5 Å². The molecule has 2 aromatic carbocycles. The summed E-state index contributed by atoms with van der Waals surface area (Å²) >= 11 is 0. The van der Waals surface area contributed by atoms with Gasteiger partial charge in [0, 0.05) is 25.2 Å². The van der Waals surface area contributed by atoms with Crippen molar-refractivity contribution in [2.75, 3.05) is 27.3 Å². The summed E-state index contributed by atoms with van der Waals surface area (Å²) < 4.78 is 24.8. The first-order chi connectivity index (χ1) is 12.7. The van der Waals surface area contributed by atoms with Crippen molar-refractivity contribution in [1.82, 2.24) is 4.90 Å². The molecule has 0 bridgehead atoms. The summed E-state index contributed by atoms with van der Waals surface area (Å²) in [5.74, 6) is 1.27. The molecule has 2 atom stereocenters. The van der Waals surface area contributed by atoms with E-state index >= 15 is 0 Å². The first kappa shape index (κ1) is 16.8. The monoisotopic (exact) mass is 356 g/mol. The zero-order chi connectivity index (χ0) is 18.1. The molecule has 26 heavy (non-hydrogen) atoms. The molecule has 2 aliphatic rings. The molecule has 0 unspecified atom stereocenters. The predicted octanol–water partition coefficient (Wildman–Crippen LogP) is 3.08. The fourth-order valence-corrected chi connectivity index (χ4v) is 3.70. The predicted molar refractivity (Wildman–Crippen MR) is 96.1 cm³/mol. The van der Waals surface area contributed by atoms with Crippen LogP contribution in [-0.4, -0.2) is 44.0 Å². The van der Waals surface area contributed by atoms with Crippen LogP contribution in [-0.2, 0) is 11.4 Å². The van der Waals surface area contributed by atoms with Gasteiger partial charge in [-0.05, 0) is 23.8 Å². The van der Waals surface area contributed by atoms with Crippen LogP contribution >= 0.6 is 0 Å². The highest BCUT2D eigenvalue weighted by Gasteiger charge is 2.43. The number of oxime groups is 1. The van der Waals surface area contributed by atoms with Crippen LogP contribution in [0.2, 0.25) is 0 Å². The molecule has 136 valence electrons. The van der Waals surface area contributed by atoms with Crippen molar-refractivity contribution >= 4 is 5.71 Å². The maximum Gasteiger partial charge on any atom is 0.161 e. The first-order valence-corrected chi connectivity index (χ1v) is 8.61. The number of fused-ring (bicyclic) bond motifs is 1. The third-order valence-corrected chi connectivity index (χ3v) is 4.98. The van der Waals surface area contributed by atoms with Gasteiger partial charge in [0.2, 0.25) is 0 Å². The van der Waals surface area contributed by atoms with Gasteiger partial charge >= 0.3 is 0 Å². The van der Waals surface area contributed by atoms with E-state index in [0.717, 1.165) is 25.2 Å². The van der Waals surface area contributed by atoms with Gasteiger partial charge in [-0.15, -0.1) is 0 Å². The Hall–Kier alpha value is -2.60. The summed E-state index contributed by atoms with van der Waals surface area (Å²) in [5.41, 5.74) is 2.38. The standard InChI is InChI=1S/C20H21FN2O3/c1-24-17-8-7-13(9-18(17)25-2)10-23-11-15-19(12-23)26-22-20(15)14-5-3-4-6-16(14)21/h3-9,15,19H,10-12H2,1-2H3/t15-,19-/m0/s1. The number of hydrogen-bond donors (Lipinski definition) is 0. The topological polar surface area (TPSA) is 43.3 Å². The van der Waals surface area contributed by atoms with Crippen LogP contribution in [0.25, 0.3) is 0 Å². The zero-order valence-electron chi connectivity index (χ0n) is 14.8. The molecule has 0 radical (unpaired) electrons. The summed E-state index contributed by atoms with van der Waals surface area (Å²) in [6.45, 7) is 2.31. The first-order valence-electron chi connectivity index (χ1n) is 8.61. The van der Waals surface area contributed by atoms with Gasteiger partial charge in [0.1, 0.15) is 11.9 Å². The Balaban J connectivity index is 1.48. The minimum Gasteiger partial charge on any atom is -0.493 e. The number of nitrogens with zero attached hydrogens (tertiary/aromatic N) is 2. The fourth-order valence-electron chi connectivity index (χ4n) is 3.70. The Morgan fingerprint density at radius 3 is 2.69 bits per heavy atom. The number of methoxy groups -OCH3 is 2. The van der Waals surface area contributed by atoms with E-state index in [4.69, 9.17) is 14.3 Å². The second-order valence-electron chi connectivity index (χ2n) is 6.59. The molecule has 0 spiro atoms. The molecule has 2 aromatic rings. The van der Waals surface area contributed by atoms with Crippen molar-refractivity contribution in [3.05, 3.63) is 59.4 Å². The van der Waals surface area contributed by atoms with Crippen molar-refractivity contribution in [2.45, 2.75) is 12.6 Å². The number of likely N-dealkylation sites (tertiary alicyclic amines) is 1. The maximum atomic E-state index is 14.1. The lowest BCUT2D eigenvalue weighted by molar-refractivity contribution is 0.0745. The molecule has 0 aliphatic carbocycles. The van der Waals surface area contributed by atoms with Crippen LogP contribution in [0, 0.1) is 11.7 Å². The van der Waals surface area contributed by atoms with Crippen molar-refractivity contribution in [3.8, 4) is 11.5 Å². The van der Waals surface area contributed by atoms with E-state index in [-0.39, 0.29) is 17.8 Å². The van der Waals surface area contributed by atoms with Crippen LogP contribution in [0.5, 0.6) is 11.5 Å². The molecule has 6 heteroatoms.